The zero-order chi connectivity index (χ0) is 14.0. The predicted molar refractivity (Wildman–Crippen MR) is 71.1 cm³/mol. The highest BCUT2D eigenvalue weighted by Gasteiger charge is 2.15. The van der Waals surface area contributed by atoms with Crippen molar-refractivity contribution in [3.63, 3.8) is 0 Å². The van der Waals surface area contributed by atoms with Crippen LogP contribution >= 0.6 is 0 Å². The van der Waals surface area contributed by atoms with Crippen molar-refractivity contribution < 1.29 is 14.7 Å². The summed E-state index contributed by atoms with van der Waals surface area (Å²) in [5.74, 6) is -0.532. The first kappa shape index (κ1) is 16.9. The van der Waals surface area contributed by atoms with Crippen LogP contribution in [0.3, 0.4) is 0 Å². The van der Waals surface area contributed by atoms with Crippen molar-refractivity contribution in [1.82, 2.24) is 5.32 Å². The minimum Gasteiger partial charge on any atom is -0.481 e. The molecular formula is C13H26N2O3. The number of amides is 1. The molecule has 0 rings (SSSR count). The predicted octanol–water partition coefficient (Wildman–Crippen LogP) is 1.37. The summed E-state index contributed by atoms with van der Waals surface area (Å²) in [6.07, 6.45) is 3.42. The third-order valence-electron chi connectivity index (χ3n) is 3.08. The molecule has 0 spiro atoms. The lowest BCUT2D eigenvalue weighted by Crippen LogP contribution is -2.35. The van der Waals surface area contributed by atoms with Gasteiger partial charge in [-0.1, -0.05) is 20.3 Å². The Morgan fingerprint density at radius 2 is 1.94 bits per heavy atom. The lowest BCUT2D eigenvalue weighted by molar-refractivity contribution is -0.137. The molecule has 18 heavy (non-hydrogen) atoms. The van der Waals surface area contributed by atoms with Gasteiger partial charge in [0.15, 0.2) is 0 Å². The van der Waals surface area contributed by atoms with Gasteiger partial charge in [0.05, 0.1) is 5.92 Å². The number of rotatable bonds is 10. The maximum atomic E-state index is 11.7. The fourth-order valence-electron chi connectivity index (χ4n) is 1.80. The number of aliphatic carboxylic acids is 1. The summed E-state index contributed by atoms with van der Waals surface area (Å²) in [5, 5.41) is 11.4. The van der Waals surface area contributed by atoms with Gasteiger partial charge >= 0.3 is 5.97 Å². The highest BCUT2D eigenvalue weighted by molar-refractivity contribution is 5.78. The van der Waals surface area contributed by atoms with E-state index in [-0.39, 0.29) is 18.2 Å². The second-order valence-corrected chi connectivity index (χ2v) is 4.84. The Labute approximate surface area is 109 Å². The molecule has 2 unspecified atom stereocenters. The first-order valence-electron chi connectivity index (χ1n) is 6.70. The van der Waals surface area contributed by atoms with Crippen molar-refractivity contribution in [3.8, 4) is 0 Å². The van der Waals surface area contributed by atoms with Gasteiger partial charge in [0.1, 0.15) is 0 Å². The Balaban J connectivity index is 3.75. The van der Waals surface area contributed by atoms with Gasteiger partial charge in [0.25, 0.3) is 0 Å². The van der Waals surface area contributed by atoms with E-state index in [2.05, 4.69) is 5.32 Å². The summed E-state index contributed by atoms with van der Waals surface area (Å²) in [7, 11) is 0. The standard InChI is InChI=1S/C13H26N2O3/c1-3-4-11(9-14)13(18)15-8-7-10(2)5-6-12(16)17/h10-11H,3-9,14H2,1-2H3,(H,15,18)(H,16,17). The molecule has 2 atom stereocenters. The summed E-state index contributed by atoms with van der Waals surface area (Å²) in [6.45, 7) is 5.01. The fraction of sp³-hybridized carbons (Fsp3) is 0.846. The monoisotopic (exact) mass is 258 g/mol. The number of carboxylic acid groups (broad SMARTS) is 1. The van der Waals surface area contributed by atoms with E-state index in [1.54, 1.807) is 0 Å². The van der Waals surface area contributed by atoms with Crippen LogP contribution in [-0.2, 0) is 9.59 Å². The van der Waals surface area contributed by atoms with Crippen molar-refractivity contribution in [3.05, 3.63) is 0 Å². The minimum absolute atomic E-state index is 0.0183. The number of nitrogens with two attached hydrogens (primary N) is 1. The van der Waals surface area contributed by atoms with Gasteiger partial charge in [-0.3, -0.25) is 9.59 Å². The molecule has 0 aliphatic rings. The Morgan fingerprint density at radius 3 is 2.44 bits per heavy atom. The number of nitrogens with one attached hydrogen (secondary N) is 1. The fourth-order valence-corrected chi connectivity index (χ4v) is 1.80. The van der Waals surface area contributed by atoms with E-state index in [0.29, 0.717) is 25.4 Å². The molecule has 0 fully saturated rings. The molecule has 4 N–H and O–H groups in total. The molecule has 1 amide bonds. The molecule has 0 bridgehead atoms. The van der Waals surface area contributed by atoms with Crippen molar-refractivity contribution >= 4 is 11.9 Å². The molecule has 0 radical (unpaired) electrons. The van der Waals surface area contributed by atoms with Crippen LogP contribution in [0.5, 0.6) is 0 Å². The van der Waals surface area contributed by atoms with Gasteiger partial charge in [-0.25, -0.2) is 0 Å². The van der Waals surface area contributed by atoms with Crippen molar-refractivity contribution in [2.45, 2.75) is 46.0 Å². The van der Waals surface area contributed by atoms with E-state index in [9.17, 15) is 9.59 Å². The van der Waals surface area contributed by atoms with E-state index in [1.165, 1.54) is 0 Å². The molecule has 5 nitrogen and oxygen atoms in total. The summed E-state index contributed by atoms with van der Waals surface area (Å²) in [4.78, 5) is 22.1. The quantitative estimate of drug-likeness (QED) is 0.552. The van der Waals surface area contributed by atoms with Crippen LogP contribution in [0.2, 0.25) is 0 Å². The van der Waals surface area contributed by atoms with Gasteiger partial charge in [-0.2, -0.15) is 0 Å². The third kappa shape index (κ3) is 8.06. The van der Waals surface area contributed by atoms with Crippen LogP contribution < -0.4 is 11.1 Å². The maximum Gasteiger partial charge on any atom is 0.303 e. The summed E-state index contributed by atoms with van der Waals surface area (Å²) in [6, 6.07) is 0. The van der Waals surface area contributed by atoms with Crippen LogP contribution in [0.25, 0.3) is 0 Å². The Bertz CT molecular complexity index is 257. The molecular weight excluding hydrogens is 232 g/mol. The molecule has 0 aromatic rings. The van der Waals surface area contributed by atoms with Crippen molar-refractivity contribution in [1.29, 1.82) is 0 Å². The van der Waals surface area contributed by atoms with Crippen molar-refractivity contribution in [2.75, 3.05) is 13.1 Å². The lowest BCUT2D eigenvalue weighted by atomic mass is 10.0. The Kier molecular flexibility index (Phi) is 9.28. The average molecular weight is 258 g/mol. The number of carboxylic acids is 1. The molecule has 0 aromatic heterocycles. The summed E-state index contributed by atoms with van der Waals surface area (Å²) >= 11 is 0. The SMILES string of the molecule is CCCC(CN)C(=O)NCCC(C)CCC(=O)O. The number of hydrogen-bond acceptors (Lipinski definition) is 3. The normalized spacial score (nSPS) is 13.9. The first-order chi connectivity index (χ1) is 8.51. The zero-order valence-electron chi connectivity index (χ0n) is 11.4. The van der Waals surface area contributed by atoms with Crippen LogP contribution in [-0.4, -0.2) is 30.1 Å². The van der Waals surface area contributed by atoms with E-state index < -0.39 is 5.97 Å². The number of hydrogen-bond donors (Lipinski definition) is 3. The largest absolute Gasteiger partial charge is 0.481 e. The molecule has 5 heteroatoms. The van der Waals surface area contributed by atoms with Gasteiger partial charge in [-0.15, -0.1) is 0 Å². The highest BCUT2D eigenvalue weighted by atomic mass is 16.4. The smallest absolute Gasteiger partial charge is 0.303 e. The lowest BCUT2D eigenvalue weighted by Gasteiger charge is -2.15. The van der Waals surface area contributed by atoms with Crippen molar-refractivity contribution in [2.24, 2.45) is 17.6 Å². The minimum atomic E-state index is -0.767. The molecule has 0 aliphatic heterocycles. The van der Waals surface area contributed by atoms with Crippen LogP contribution in [0.4, 0.5) is 0 Å². The highest BCUT2D eigenvalue weighted by Crippen LogP contribution is 2.10. The Morgan fingerprint density at radius 1 is 1.28 bits per heavy atom. The van der Waals surface area contributed by atoms with E-state index >= 15 is 0 Å². The van der Waals surface area contributed by atoms with Crippen LogP contribution in [0, 0.1) is 11.8 Å². The van der Waals surface area contributed by atoms with E-state index in [1.807, 2.05) is 13.8 Å². The van der Waals surface area contributed by atoms with Gasteiger partial charge in [0.2, 0.25) is 5.91 Å². The number of carbonyl (C=O) groups excluding carboxylic acids is 1. The topological polar surface area (TPSA) is 92.4 Å². The molecule has 0 saturated heterocycles. The van der Waals surface area contributed by atoms with E-state index in [0.717, 1.165) is 19.3 Å². The van der Waals surface area contributed by atoms with Crippen LogP contribution in [0.1, 0.15) is 46.0 Å². The third-order valence-corrected chi connectivity index (χ3v) is 3.08. The number of carbonyl (C=O) groups is 2. The Hall–Kier alpha value is -1.10. The zero-order valence-corrected chi connectivity index (χ0v) is 11.4. The maximum absolute atomic E-state index is 11.7. The second kappa shape index (κ2) is 9.88. The van der Waals surface area contributed by atoms with Gasteiger partial charge in [-0.05, 0) is 25.2 Å². The molecule has 0 heterocycles. The second-order valence-electron chi connectivity index (χ2n) is 4.84. The first-order valence-corrected chi connectivity index (χ1v) is 6.70. The summed E-state index contributed by atoms with van der Waals surface area (Å²) in [5.41, 5.74) is 5.55. The van der Waals surface area contributed by atoms with Gasteiger partial charge in [0, 0.05) is 19.5 Å². The summed E-state index contributed by atoms with van der Waals surface area (Å²) < 4.78 is 0. The van der Waals surface area contributed by atoms with Gasteiger partial charge < -0.3 is 16.2 Å². The molecule has 0 aliphatic carbocycles. The van der Waals surface area contributed by atoms with E-state index in [4.69, 9.17) is 10.8 Å². The molecule has 106 valence electrons. The average Bonchev–Trinajstić information content (AvgIpc) is 2.33. The molecule has 0 saturated carbocycles. The molecule has 0 aromatic carbocycles. The van der Waals surface area contributed by atoms with Crippen LogP contribution in [0.15, 0.2) is 0 Å².